The van der Waals surface area contributed by atoms with Gasteiger partial charge in [-0.25, -0.2) is 0 Å². The molecular weight excluding hydrogens is 402 g/mol. The molecule has 1 aromatic rings. The Kier molecular flexibility index (Phi) is 3.54. The topological polar surface area (TPSA) is 55.8 Å². The van der Waals surface area contributed by atoms with Gasteiger partial charge in [-0.15, -0.1) is 0 Å². The average Bonchev–Trinajstić information content (AvgIpc) is 3.48. The highest BCUT2D eigenvalue weighted by Gasteiger charge is 2.78. The molecule has 32 heavy (non-hydrogen) atoms. The quantitative estimate of drug-likeness (QED) is 0.410. The average molecular weight is 434 g/mol. The minimum atomic E-state index is -0.349. The van der Waals surface area contributed by atoms with E-state index in [9.17, 15) is 9.59 Å². The van der Waals surface area contributed by atoms with Crippen molar-refractivity contribution >= 4 is 11.8 Å². The van der Waals surface area contributed by atoms with E-state index in [0.29, 0.717) is 11.8 Å². The number of ketones is 1. The van der Waals surface area contributed by atoms with Crippen molar-refractivity contribution in [3.05, 3.63) is 35.4 Å². The maximum Gasteiger partial charge on any atom is 0.308 e. The molecule has 7 aliphatic rings. The van der Waals surface area contributed by atoms with E-state index in [1.807, 2.05) is 6.07 Å². The van der Waals surface area contributed by atoms with Gasteiger partial charge in [-0.05, 0) is 63.1 Å². The number of nitrogens with zero attached hydrogens (tertiary/aromatic N) is 1. The number of likely N-dealkylation sites (tertiary alicyclic amines) is 1. The highest BCUT2D eigenvalue weighted by atomic mass is 16.6. The summed E-state index contributed by atoms with van der Waals surface area (Å²) in [6.07, 6.45) is 10.3. The van der Waals surface area contributed by atoms with Gasteiger partial charge in [0.15, 0.2) is 11.5 Å². The smallest absolute Gasteiger partial charge is 0.308 e. The van der Waals surface area contributed by atoms with E-state index in [0.717, 1.165) is 37.5 Å². The highest BCUT2D eigenvalue weighted by Crippen LogP contribution is 2.76. The van der Waals surface area contributed by atoms with Crippen LogP contribution in [0, 0.1) is 22.7 Å². The highest BCUT2D eigenvalue weighted by molar-refractivity contribution is 5.82. The number of rotatable bonds is 4. The zero-order valence-electron chi connectivity index (χ0n) is 19.1. The van der Waals surface area contributed by atoms with Crippen molar-refractivity contribution in [2.24, 2.45) is 22.7 Å². The second kappa shape index (κ2) is 5.85. The van der Waals surface area contributed by atoms with Crippen LogP contribution in [0.1, 0.15) is 57.6 Å². The van der Waals surface area contributed by atoms with Crippen LogP contribution in [0.4, 0.5) is 0 Å². The molecule has 2 spiro atoms. The SMILES string of the molecule is CC(=O)Oc1ccc2c3c1O[C@H]1C4(C)C=CC5(C[C@@H]4C(C)=O)C(C2)N(CC2CC2)CC[C@]315. The molecule has 0 aromatic heterocycles. The van der Waals surface area contributed by atoms with Crippen LogP contribution in [0.25, 0.3) is 0 Å². The molecule has 2 aliphatic heterocycles. The summed E-state index contributed by atoms with van der Waals surface area (Å²) in [6, 6.07) is 4.48. The molecule has 0 N–H and O–H groups in total. The van der Waals surface area contributed by atoms with Gasteiger partial charge in [0.05, 0.1) is 0 Å². The third-order valence-electron chi connectivity index (χ3n) is 9.94. The van der Waals surface area contributed by atoms with E-state index in [2.05, 4.69) is 30.0 Å². The van der Waals surface area contributed by atoms with Crippen molar-refractivity contribution in [3.63, 3.8) is 0 Å². The zero-order valence-corrected chi connectivity index (χ0v) is 19.1. The fourth-order valence-electron chi connectivity index (χ4n) is 8.56. The number of hydrogen-bond donors (Lipinski definition) is 0. The first-order valence-electron chi connectivity index (χ1n) is 12.3. The van der Waals surface area contributed by atoms with Crippen molar-refractivity contribution in [1.29, 1.82) is 0 Å². The van der Waals surface area contributed by atoms with E-state index >= 15 is 0 Å². The van der Waals surface area contributed by atoms with Crippen molar-refractivity contribution in [2.45, 2.75) is 70.4 Å². The van der Waals surface area contributed by atoms with Crippen LogP contribution in [0.2, 0.25) is 0 Å². The number of carbonyl (C=O) groups excluding carboxylic acids is 2. The van der Waals surface area contributed by atoms with Crippen LogP contribution in [0.3, 0.4) is 0 Å². The first-order chi connectivity index (χ1) is 15.3. The van der Waals surface area contributed by atoms with Gasteiger partial charge in [0.1, 0.15) is 11.9 Å². The lowest BCUT2D eigenvalue weighted by Gasteiger charge is -2.71. The maximum atomic E-state index is 13.0. The maximum absolute atomic E-state index is 13.0. The molecule has 4 bridgehead atoms. The molecule has 1 aromatic carbocycles. The molecule has 5 heteroatoms. The van der Waals surface area contributed by atoms with Gasteiger partial charge in [0.25, 0.3) is 0 Å². The van der Waals surface area contributed by atoms with Crippen molar-refractivity contribution in [2.75, 3.05) is 13.1 Å². The number of Topliss-reactive ketones (excluding diaryl/α,β-unsaturated/α-hetero) is 1. The Morgan fingerprint density at radius 2 is 2.03 bits per heavy atom. The monoisotopic (exact) mass is 433 g/mol. The Hall–Kier alpha value is -2.14. The molecule has 168 valence electrons. The molecule has 2 saturated carbocycles. The van der Waals surface area contributed by atoms with Gasteiger partial charge in [-0.3, -0.25) is 14.5 Å². The van der Waals surface area contributed by atoms with E-state index < -0.39 is 0 Å². The van der Waals surface area contributed by atoms with E-state index in [1.165, 1.54) is 37.4 Å². The number of ether oxygens (including phenoxy) is 2. The van der Waals surface area contributed by atoms with Crippen molar-refractivity contribution in [1.82, 2.24) is 4.90 Å². The summed E-state index contributed by atoms with van der Waals surface area (Å²) in [4.78, 5) is 27.6. The minimum Gasteiger partial charge on any atom is -0.484 e. The number of benzene rings is 1. The number of piperidine rings is 1. The fraction of sp³-hybridized carbons (Fsp3) is 0.630. The largest absolute Gasteiger partial charge is 0.484 e. The molecule has 0 radical (unpaired) electrons. The number of esters is 1. The van der Waals surface area contributed by atoms with Gasteiger partial charge in [-0.1, -0.05) is 25.1 Å². The molecule has 5 nitrogen and oxygen atoms in total. The molecule has 0 amide bonds. The summed E-state index contributed by atoms with van der Waals surface area (Å²) in [5.74, 6) is 2.04. The third kappa shape index (κ3) is 2.06. The lowest BCUT2D eigenvalue weighted by molar-refractivity contribution is -0.175. The molecule has 3 fully saturated rings. The predicted molar refractivity (Wildman–Crippen MR) is 119 cm³/mol. The van der Waals surface area contributed by atoms with Crippen LogP contribution in [0.15, 0.2) is 24.3 Å². The molecule has 3 unspecified atom stereocenters. The Balaban J connectivity index is 1.48. The second-order valence-electron chi connectivity index (χ2n) is 11.5. The number of fused-ring (bicyclic) bond motifs is 1. The van der Waals surface area contributed by atoms with Gasteiger partial charge >= 0.3 is 5.97 Å². The van der Waals surface area contributed by atoms with Crippen LogP contribution in [0.5, 0.6) is 11.5 Å². The van der Waals surface area contributed by atoms with E-state index in [1.54, 1.807) is 6.92 Å². The summed E-state index contributed by atoms with van der Waals surface area (Å²) in [5.41, 5.74) is 2.02. The van der Waals surface area contributed by atoms with Gasteiger partial charge in [0, 0.05) is 47.2 Å². The summed E-state index contributed by atoms with van der Waals surface area (Å²) in [6.45, 7) is 7.67. The first-order valence-corrected chi connectivity index (χ1v) is 12.3. The summed E-state index contributed by atoms with van der Waals surface area (Å²) >= 11 is 0. The first kappa shape index (κ1) is 19.3. The van der Waals surface area contributed by atoms with Gasteiger partial charge in [0.2, 0.25) is 0 Å². The molecule has 1 saturated heterocycles. The minimum absolute atomic E-state index is 0.0398. The normalized spacial score (nSPS) is 42.4. The van der Waals surface area contributed by atoms with Crippen molar-refractivity contribution < 1.29 is 19.1 Å². The molecular formula is C27H31NO4. The summed E-state index contributed by atoms with van der Waals surface area (Å²) in [5, 5.41) is 0. The predicted octanol–water partition coefficient (Wildman–Crippen LogP) is 3.82. The Bertz CT molecular complexity index is 1110. The standard InChI is InChI=1S/C27H31NO4/c1-15(29)19-13-26-9-8-25(19,3)24-27(26)10-11-28(14-17-4-5-17)21(26)12-18-6-7-20(31-16(2)30)23(32-24)22(18)27/h6-9,17,19,21,24H,4-5,10-14H2,1-3H3/t19-,21?,24+,25?,26?,27+/m1/s1. The summed E-state index contributed by atoms with van der Waals surface area (Å²) in [7, 11) is 0. The van der Waals surface area contributed by atoms with E-state index in [4.69, 9.17) is 9.47 Å². The molecule has 8 rings (SSSR count). The van der Waals surface area contributed by atoms with Gasteiger partial charge in [-0.2, -0.15) is 0 Å². The van der Waals surface area contributed by atoms with Crippen LogP contribution in [-0.2, 0) is 21.4 Å². The van der Waals surface area contributed by atoms with Crippen LogP contribution < -0.4 is 9.47 Å². The number of hydrogen-bond acceptors (Lipinski definition) is 5. The molecule has 2 heterocycles. The molecule has 6 atom stereocenters. The summed E-state index contributed by atoms with van der Waals surface area (Å²) < 4.78 is 12.5. The lowest BCUT2D eigenvalue weighted by atomic mass is 9.35. The fourth-order valence-corrected chi connectivity index (χ4v) is 8.56. The Morgan fingerprint density at radius 3 is 2.75 bits per heavy atom. The van der Waals surface area contributed by atoms with Crippen LogP contribution in [-0.4, -0.2) is 41.9 Å². The van der Waals surface area contributed by atoms with E-state index in [-0.39, 0.29) is 40.0 Å². The third-order valence-corrected chi connectivity index (χ3v) is 9.94. The van der Waals surface area contributed by atoms with Crippen molar-refractivity contribution in [3.8, 4) is 11.5 Å². The zero-order chi connectivity index (χ0) is 22.0. The second-order valence-corrected chi connectivity index (χ2v) is 11.5. The van der Waals surface area contributed by atoms with Crippen LogP contribution >= 0.6 is 0 Å². The number of carbonyl (C=O) groups is 2. The molecule has 5 aliphatic carbocycles. The lowest BCUT2D eigenvalue weighted by Crippen LogP contribution is -2.77. The van der Waals surface area contributed by atoms with Gasteiger partial charge < -0.3 is 9.47 Å². The Morgan fingerprint density at radius 1 is 1.22 bits per heavy atom. The Labute approximate surface area is 189 Å².